The Morgan fingerprint density at radius 3 is 2.33 bits per heavy atom. The molecule has 4 heteroatoms. The van der Waals surface area contributed by atoms with Gasteiger partial charge >= 0.3 is 5.97 Å². The van der Waals surface area contributed by atoms with E-state index < -0.39 is 0 Å². The van der Waals surface area contributed by atoms with Crippen LogP contribution in [0.5, 0.6) is 0 Å². The molecule has 2 saturated heterocycles. The summed E-state index contributed by atoms with van der Waals surface area (Å²) in [6.45, 7) is 9.38. The maximum atomic E-state index is 11.1. The van der Waals surface area contributed by atoms with E-state index in [1.54, 1.807) is 0 Å². The van der Waals surface area contributed by atoms with Gasteiger partial charge in [0.15, 0.2) is 0 Å². The SMILES string of the molecule is Cc1cc(C)cc(N2CCN(C[C@@H]3CCC(=O)O3)CC2)c1. The molecule has 1 aromatic rings. The number of aryl methyl sites for hydroxylation is 2. The van der Waals surface area contributed by atoms with Crippen LogP contribution < -0.4 is 4.90 Å². The van der Waals surface area contributed by atoms with E-state index in [0.717, 1.165) is 39.1 Å². The van der Waals surface area contributed by atoms with Gasteiger partial charge in [0.1, 0.15) is 6.10 Å². The van der Waals surface area contributed by atoms with Gasteiger partial charge in [0, 0.05) is 44.8 Å². The molecule has 0 aromatic heterocycles. The number of nitrogens with zero attached hydrogens (tertiary/aromatic N) is 2. The van der Waals surface area contributed by atoms with Crippen molar-refractivity contribution in [3.05, 3.63) is 29.3 Å². The third-order valence-electron chi connectivity index (χ3n) is 4.37. The number of esters is 1. The number of hydrogen-bond acceptors (Lipinski definition) is 4. The third-order valence-corrected chi connectivity index (χ3v) is 4.37. The first-order valence-electron chi connectivity index (χ1n) is 7.85. The second kappa shape index (κ2) is 6.06. The minimum atomic E-state index is -0.0335. The zero-order valence-corrected chi connectivity index (χ0v) is 13.0. The lowest BCUT2D eigenvalue weighted by Gasteiger charge is -2.37. The van der Waals surface area contributed by atoms with Crippen LogP contribution in [0.4, 0.5) is 5.69 Å². The lowest BCUT2D eigenvalue weighted by molar-refractivity contribution is -0.142. The summed E-state index contributed by atoms with van der Waals surface area (Å²) >= 11 is 0. The van der Waals surface area contributed by atoms with E-state index in [0.29, 0.717) is 6.42 Å². The number of cyclic esters (lactones) is 1. The fraction of sp³-hybridized carbons (Fsp3) is 0.588. The van der Waals surface area contributed by atoms with Gasteiger partial charge in [-0.1, -0.05) is 6.07 Å². The van der Waals surface area contributed by atoms with Crippen LogP contribution in [0, 0.1) is 13.8 Å². The van der Waals surface area contributed by atoms with Gasteiger partial charge in [-0.15, -0.1) is 0 Å². The molecule has 0 spiro atoms. The molecule has 0 N–H and O–H groups in total. The molecule has 3 rings (SSSR count). The molecule has 21 heavy (non-hydrogen) atoms. The lowest BCUT2D eigenvalue weighted by Crippen LogP contribution is -2.48. The van der Waals surface area contributed by atoms with Crippen molar-refractivity contribution in [1.82, 2.24) is 4.90 Å². The van der Waals surface area contributed by atoms with Crippen LogP contribution in [-0.2, 0) is 9.53 Å². The molecule has 0 unspecified atom stereocenters. The summed E-state index contributed by atoms with van der Waals surface area (Å²) in [6.07, 6.45) is 1.59. The van der Waals surface area contributed by atoms with Gasteiger partial charge in [-0.3, -0.25) is 9.69 Å². The summed E-state index contributed by atoms with van der Waals surface area (Å²) < 4.78 is 5.31. The first-order valence-corrected chi connectivity index (χ1v) is 7.85. The molecule has 2 heterocycles. The Bertz CT molecular complexity index is 501. The lowest BCUT2D eigenvalue weighted by atomic mass is 10.1. The number of piperazine rings is 1. The van der Waals surface area contributed by atoms with Gasteiger partial charge < -0.3 is 9.64 Å². The highest BCUT2D eigenvalue weighted by Crippen LogP contribution is 2.21. The number of ether oxygens (including phenoxy) is 1. The minimum absolute atomic E-state index is 0.0335. The molecule has 2 aliphatic heterocycles. The van der Waals surface area contributed by atoms with Crippen molar-refractivity contribution in [3.8, 4) is 0 Å². The summed E-state index contributed by atoms with van der Waals surface area (Å²) in [6, 6.07) is 6.75. The van der Waals surface area contributed by atoms with Crippen LogP contribution in [0.3, 0.4) is 0 Å². The van der Waals surface area contributed by atoms with Gasteiger partial charge in [0.2, 0.25) is 0 Å². The fourth-order valence-corrected chi connectivity index (χ4v) is 3.32. The van der Waals surface area contributed by atoms with Crippen LogP contribution in [0.15, 0.2) is 18.2 Å². The second-order valence-electron chi connectivity index (χ2n) is 6.28. The van der Waals surface area contributed by atoms with E-state index in [4.69, 9.17) is 4.74 Å². The molecular weight excluding hydrogens is 264 g/mol. The smallest absolute Gasteiger partial charge is 0.306 e. The molecule has 2 fully saturated rings. The maximum Gasteiger partial charge on any atom is 0.306 e. The Hall–Kier alpha value is -1.55. The van der Waals surface area contributed by atoms with E-state index in [1.807, 2.05) is 0 Å². The maximum absolute atomic E-state index is 11.1. The average Bonchev–Trinajstić information content (AvgIpc) is 2.84. The number of benzene rings is 1. The first-order chi connectivity index (χ1) is 10.1. The molecule has 2 aliphatic rings. The summed E-state index contributed by atoms with van der Waals surface area (Å²) in [7, 11) is 0. The summed E-state index contributed by atoms with van der Waals surface area (Å²) in [5.41, 5.74) is 3.98. The van der Waals surface area contributed by atoms with E-state index in [-0.39, 0.29) is 12.1 Å². The number of carbonyl (C=O) groups excluding carboxylic acids is 1. The zero-order chi connectivity index (χ0) is 14.8. The molecule has 1 aromatic carbocycles. The highest BCUT2D eigenvalue weighted by Gasteiger charge is 2.27. The topological polar surface area (TPSA) is 32.8 Å². The fourth-order valence-electron chi connectivity index (χ4n) is 3.32. The van der Waals surface area contributed by atoms with Crippen molar-refractivity contribution in [2.75, 3.05) is 37.6 Å². The van der Waals surface area contributed by atoms with Crippen LogP contribution >= 0.6 is 0 Å². The molecule has 114 valence electrons. The van der Waals surface area contributed by atoms with Crippen LogP contribution in [0.1, 0.15) is 24.0 Å². The van der Waals surface area contributed by atoms with Crippen molar-refractivity contribution in [3.63, 3.8) is 0 Å². The van der Waals surface area contributed by atoms with Crippen molar-refractivity contribution in [2.24, 2.45) is 0 Å². The van der Waals surface area contributed by atoms with Gasteiger partial charge in [-0.25, -0.2) is 0 Å². The van der Waals surface area contributed by atoms with Crippen LogP contribution in [0.25, 0.3) is 0 Å². The van der Waals surface area contributed by atoms with Gasteiger partial charge in [0.25, 0.3) is 0 Å². The van der Waals surface area contributed by atoms with E-state index in [9.17, 15) is 4.79 Å². The molecule has 0 aliphatic carbocycles. The monoisotopic (exact) mass is 288 g/mol. The Balaban J connectivity index is 1.54. The predicted molar refractivity (Wildman–Crippen MR) is 83.7 cm³/mol. The predicted octanol–water partition coefficient (Wildman–Crippen LogP) is 2.13. The van der Waals surface area contributed by atoms with E-state index >= 15 is 0 Å². The van der Waals surface area contributed by atoms with Crippen molar-refractivity contribution in [2.45, 2.75) is 32.8 Å². The largest absolute Gasteiger partial charge is 0.461 e. The zero-order valence-electron chi connectivity index (χ0n) is 13.0. The molecule has 0 radical (unpaired) electrons. The number of hydrogen-bond donors (Lipinski definition) is 0. The Labute approximate surface area is 126 Å². The number of carbonyl (C=O) groups is 1. The minimum Gasteiger partial charge on any atom is -0.461 e. The van der Waals surface area contributed by atoms with Crippen LogP contribution in [-0.4, -0.2) is 49.7 Å². The van der Waals surface area contributed by atoms with Crippen molar-refractivity contribution in [1.29, 1.82) is 0 Å². The van der Waals surface area contributed by atoms with Gasteiger partial charge in [-0.2, -0.15) is 0 Å². The quantitative estimate of drug-likeness (QED) is 0.798. The molecule has 0 saturated carbocycles. The first kappa shape index (κ1) is 14.4. The van der Waals surface area contributed by atoms with E-state index in [2.05, 4.69) is 41.8 Å². The van der Waals surface area contributed by atoms with Gasteiger partial charge in [-0.05, 0) is 43.5 Å². The normalized spacial score (nSPS) is 23.4. The highest BCUT2D eigenvalue weighted by atomic mass is 16.5. The van der Waals surface area contributed by atoms with Crippen molar-refractivity contribution < 1.29 is 9.53 Å². The van der Waals surface area contributed by atoms with Crippen LogP contribution in [0.2, 0.25) is 0 Å². The molecule has 0 bridgehead atoms. The molecular formula is C17H24N2O2. The summed E-state index contributed by atoms with van der Waals surface area (Å²) in [4.78, 5) is 16.0. The van der Waals surface area contributed by atoms with E-state index in [1.165, 1.54) is 16.8 Å². The van der Waals surface area contributed by atoms with Gasteiger partial charge in [0.05, 0.1) is 0 Å². The highest BCUT2D eigenvalue weighted by molar-refractivity contribution is 5.71. The standard InChI is InChI=1S/C17H24N2O2/c1-13-9-14(2)11-15(10-13)19-7-5-18(6-8-19)12-16-3-4-17(20)21-16/h9-11,16H,3-8,12H2,1-2H3/t16-/m0/s1. The Morgan fingerprint density at radius 2 is 1.76 bits per heavy atom. The number of rotatable bonds is 3. The molecule has 0 amide bonds. The summed E-state index contributed by atoms with van der Waals surface area (Å²) in [5, 5.41) is 0. The summed E-state index contributed by atoms with van der Waals surface area (Å²) in [5.74, 6) is -0.0335. The second-order valence-corrected chi connectivity index (χ2v) is 6.28. The third kappa shape index (κ3) is 3.56. The number of anilines is 1. The average molecular weight is 288 g/mol. The Kier molecular flexibility index (Phi) is 4.15. The Morgan fingerprint density at radius 1 is 1.10 bits per heavy atom. The van der Waals surface area contributed by atoms with Crippen molar-refractivity contribution >= 4 is 11.7 Å². The molecule has 1 atom stereocenters. The molecule has 4 nitrogen and oxygen atoms in total.